The number of aromatic amines is 1. The summed E-state index contributed by atoms with van der Waals surface area (Å²) in [6.45, 7) is 6.20. The van der Waals surface area contributed by atoms with Gasteiger partial charge in [0.1, 0.15) is 17.5 Å². The summed E-state index contributed by atoms with van der Waals surface area (Å²) in [5, 5.41) is 24.8. The first kappa shape index (κ1) is 22.3. The lowest BCUT2D eigenvalue weighted by Crippen LogP contribution is -2.18. The highest BCUT2D eigenvalue weighted by Crippen LogP contribution is 2.39. The van der Waals surface area contributed by atoms with Crippen LogP contribution in [0.3, 0.4) is 0 Å². The molecule has 11 heteroatoms. The lowest BCUT2D eigenvalue weighted by molar-refractivity contribution is 0.306. The molecule has 0 aliphatic heterocycles. The minimum Gasteiger partial charge on any atom is -0.438 e. The van der Waals surface area contributed by atoms with Crippen molar-refractivity contribution in [2.75, 3.05) is 0 Å². The minimum absolute atomic E-state index is 0.299. The molecule has 1 N–H and O–H groups in total. The number of nitrogens with zero attached hydrogens (tertiary/aromatic N) is 9. The molecule has 0 bridgehead atoms. The van der Waals surface area contributed by atoms with Crippen molar-refractivity contribution >= 4 is 11.0 Å². The Morgan fingerprint density at radius 3 is 2.56 bits per heavy atom. The number of hydrogen-bond acceptors (Lipinski definition) is 8. The van der Waals surface area contributed by atoms with Crippen LogP contribution in [-0.4, -0.2) is 50.2 Å². The number of ether oxygens (including phenoxy) is 1. The Labute approximate surface area is 207 Å². The maximum atomic E-state index is 6.11. The van der Waals surface area contributed by atoms with Crippen molar-refractivity contribution in [2.24, 2.45) is 0 Å². The van der Waals surface area contributed by atoms with E-state index >= 15 is 0 Å². The second-order valence-electron chi connectivity index (χ2n) is 9.65. The number of aromatic nitrogens is 10. The summed E-state index contributed by atoms with van der Waals surface area (Å²) in [4.78, 5) is 8.92. The maximum absolute atomic E-state index is 6.11. The molecule has 36 heavy (non-hydrogen) atoms. The fourth-order valence-corrected chi connectivity index (χ4v) is 4.92. The summed E-state index contributed by atoms with van der Waals surface area (Å²) in [6, 6.07) is 10.1. The quantitative estimate of drug-likeness (QED) is 0.369. The van der Waals surface area contributed by atoms with Crippen molar-refractivity contribution in [3.05, 3.63) is 60.1 Å². The van der Waals surface area contributed by atoms with Crippen molar-refractivity contribution in [3.8, 4) is 17.3 Å². The number of rotatable bonds is 6. The number of tetrazole rings is 1. The van der Waals surface area contributed by atoms with Gasteiger partial charge in [0.05, 0.1) is 23.6 Å². The molecule has 0 saturated heterocycles. The molecule has 0 atom stereocenters. The van der Waals surface area contributed by atoms with Crippen molar-refractivity contribution in [1.82, 2.24) is 50.2 Å². The molecule has 11 nitrogen and oxygen atoms in total. The van der Waals surface area contributed by atoms with Crippen molar-refractivity contribution in [1.29, 1.82) is 0 Å². The zero-order valence-corrected chi connectivity index (χ0v) is 20.5. The van der Waals surface area contributed by atoms with E-state index in [0.717, 1.165) is 48.1 Å². The van der Waals surface area contributed by atoms with Crippen LogP contribution in [0.1, 0.15) is 74.6 Å². The van der Waals surface area contributed by atoms with E-state index in [1.807, 2.05) is 35.9 Å². The van der Waals surface area contributed by atoms with Gasteiger partial charge < -0.3 is 4.74 Å². The third-order valence-electron chi connectivity index (χ3n) is 6.97. The third-order valence-corrected chi connectivity index (χ3v) is 6.97. The summed E-state index contributed by atoms with van der Waals surface area (Å²) < 4.78 is 9.82. The Morgan fingerprint density at radius 1 is 1.06 bits per heavy atom. The fraction of sp³-hybridized carbons (Fsp3) is 0.400. The first-order valence-corrected chi connectivity index (χ1v) is 12.3. The standard InChI is InChI=1S/C25H28N10O/c1-15(2)22-12-23(31-30-22)17-4-6-19(7-5-17)35-24-21(13-28-35)25(27-14-26-24)36-20-10-8-18(9-11-20)34-16(3)29-32-33-34/h8-15,17,19H,4-7H2,1-3H3,(H,30,31). The van der Waals surface area contributed by atoms with Crippen LogP contribution in [0, 0.1) is 6.92 Å². The van der Waals surface area contributed by atoms with Gasteiger partial charge in [-0.05, 0) is 79.3 Å². The Bertz CT molecular complexity index is 1470. The molecular formula is C25H28N10O. The van der Waals surface area contributed by atoms with Gasteiger partial charge in [0.2, 0.25) is 5.88 Å². The Morgan fingerprint density at radius 2 is 1.86 bits per heavy atom. The Kier molecular flexibility index (Phi) is 5.67. The molecule has 1 aliphatic rings. The highest BCUT2D eigenvalue weighted by Gasteiger charge is 2.27. The number of aryl methyl sites for hydroxylation is 1. The van der Waals surface area contributed by atoms with Crippen molar-refractivity contribution < 1.29 is 4.74 Å². The summed E-state index contributed by atoms with van der Waals surface area (Å²) >= 11 is 0. The number of nitrogens with one attached hydrogen (secondary N) is 1. The molecule has 4 heterocycles. The van der Waals surface area contributed by atoms with Crippen LogP contribution in [-0.2, 0) is 0 Å². The molecule has 1 saturated carbocycles. The molecular weight excluding hydrogens is 456 g/mol. The monoisotopic (exact) mass is 484 g/mol. The molecule has 6 rings (SSSR count). The molecule has 1 aromatic carbocycles. The number of hydrogen-bond donors (Lipinski definition) is 1. The van der Waals surface area contributed by atoms with Crippen LogP contribution in [0.2, 0.25) is 0 Å². The molecule has 0 spiro atoms. The molecule has 5 aromatic rings. The zero-order valence-electron chi connectivity index (χ0n) is 20.5. The van der Waals surface area contributed by atoms with Crippen LogP contribution in [0.15, 0.2) is 42.9 Å². The van der Waals surface area contributed by atoms with Gasteiger partial charge in [-0.2, -0.15) is 14.9 Å². The van der Waals surface area contributed by atoms with Crippen molar-refractivity contribution in [2.45, 2.75) is 64.3 Å². The third kappa shape index (κ3) is 4.10. The average Bonchev–Trinajstić information content (AvgIpc) is 3.65. The van der Waals surface area contributed by atoms with Crippen LogP contribution in [0.25, 0.3) is 16.7 Å². The number of H-pyrrole nitrogens is 1. The Hall–Kier alpha value is -4.15. The summed E-state index contributed by atoms with van der Waals surface area (Å²) in [6.07, 6.45) is 7.60. The first-order chi connectivity index (χ1) is 17.6. The second-order valence-corrected chi connectivity index (χ2v) is 9.65. The van der Waals surface area contributed by atoms with E-state index < -0.39 is 0 Å². The SMILES string of the molecule is Cc1nnnn1-c1ccc(Oc2ncnc3c2cnn3C2CCC(c3cc(C(C)C)n[nH]3)CC2)cc1. The smallest absolute Gasteiger partial charge is 0.233 e. The van der Waals surface area contributed by atoms with Crippen LogP contribution in [0.5, 0.6) is 11.6 Å². The van der Waals surface area contributed by atoms with E-state index in [2.05, 4.69) is 55.6 Å². The molecule has 4 aromatic heterocycles. The fourth-order valence-electron chi connectivity index (χ4n) is 4.92. The predicted octanol–water partition coefficient (Wildman–Crippen LogP) is 4.65. The second kappa shape index (κ2) is 9.14. The molecule has 184 valence electrons. The molecule has 1 aliphatic carbocycles. The maximum Gasteiger partial charge on any atom is 0.233 e. The number of fused-ring (bicyclic) bond motifs is 1. The van der Waals surface area contributed by atoms with Gasteiger partial charge >= 0.3 is 0 Å². The van der Waals surface area contributed by atoms with Gasteiger partial charge in [0.15, 0.2) is 11.5 Å². The molecule has 1 fully saturated rings. The Balaban J connectivity index is 1.17. The minimum atomic E-state index is 0.299. The van der Waals surface area contributed by atoms with E-state index in [-0.39, 0.29) is 0 Å². The van der Waals surface area contributed by atoms with Crippen molar-refractivity contribution in [3.63, 3.8) is 0 Å². The van der Waals surface area contributed by atoms with E-state index in [4.69, 9.17) is 9.84 Å². The number of benzene rings is 1. The van der Waals surface area contributed by atoms with E-state index in [9.17, 15) is 0 Å². The van der Waals surface area contributed by atoms with E-state index in [1.54, 1.807) is 17.2 Å². The summed E-state index contributed by atoms with van der Waals surface area (Å²) in [5.74, 6) is 2.82. The molecule has 0 radical (unpaired) electrons. The lowest BCUT2D eigenvalue weighted by atomic mass is 9.84. The van der Waals surface area contributed by atoms with Gasteiger partial charge in [-0.3, -0.25) is 5.10 Å². The predicted molar refractivity (Wildman–Crippen MR) is 132 cm³/mol. The van der Waals surface area contributed by atoms with Gasteiger partial charge in [-0.15, -0.1) is 5.10 Å². The zero-order chi connectivity index (χ0) is 24.6. The summed E-state index contributed by atoms with van der Waals surface area (Å²) in [7, 11) is 0. The van der Waals surface area contributed by atoms with Crippen LogP contribution >= 0.6 is 0 Å². The van der Waals surface area contributed by atoms with Gasteiger partial charge in [0.25, 0.3) is 0 Å². The normalized spacial score (nSPS) is 18.2. The lowest BCUT2D eigenvalue weighted by Gasteiger charge is -2.28. The van der Waals surface area contributed by atoms with Gasteiger partial charge in [-0.1, -0.05) is 13.8 Å². The molecule has 0 amide bonds. The molecule has 0 unspecified atom stereocenters. The van der Waals surface area contributed by atoms with Gasteiger partial charge in [-0.25, -0.2) is 14.6 Å². The average molecular weight is 485 g/mol. The highest BCUT2D eigenvalue weighted by atomic mass is 16.5. The van der Waals surface area contributed by atoms with Crippen LogP contribution in [0.4, 0.5) is 0 Å². The highest BCUT2D eigenvalue weighted by molar-refractivity contribution is 5.80. The largest absolute Gasteiger partial charge is 0.438 e. The first-order valence-electron chi connectivity index (χ1n) is 12.3. The van der Waals surface area contributed by atoms with Gasteiger partial charge in [0, 0.05) is 11.6 Å². The summed E-state index contributed by atoms with van der Waals surface area (Å²) in [5.41, 5.74) is 4.04. The van der Waals surface area contributed by atoms with E-state index in [0.29, 0.717) is 35.3 Å². The van der Waals surface area contributed by atoms with E-state index in [1.165, 1.54) is 5.69 Å². The topological polar surface area (TPSA) is 125 Å². The van der Waals surface area contributed by atoms with Crippen LogP contribution < -0.4 is 4.74 Å².